The standard InChI is InChI=1S/C12H18O/c1-9-8-11(13)10-6-4-3-5-7-12(9,10)2/h6,9H,3-5,7-8H2,1-2H3/t9-,12+/m0/s1. The van der Waals surface area contributed by atoms with Crippen LogP contribution < -0.4 is 0 Å². The Hall–Kier alpha value is -0.590. The first-order chi connectivity index (χ1) is 6.14. The fourth-order valence-electron chi connectivity index (χ4n) is 2.81. The van der Waals surface area contributed by atoms with Crippen molar-refractivity contribution in [3.63, 3.8) is 0 Å². The van der Waals surface area contributed by atoms with E-state index in [1.165, 1.54) is 19.3 Å². The van der Waals surface area contributed by atoms with Crippen LogP contribution in [0.4, 0.5) is 0 Å². The van der Waals surface area contributed by atoms with Gasteiger partial charge in [-0.05, 0) is 36.2 Å². The van der Waals surface area contributed by atoms with E-state index < -0.39 is 0 Å². The third-order valence-electron chi connectivity index (χ3n) is 3.99. The van der Waals surface area contributed by atoms with Crippen LogP contribution in [0.25, 0.3) is 0 Å². The average molecular weight is 178 g/mol. The molecule has 0 unspecified atom stereocenters. The molecule has 0 aromatic heterocycles. The van der Waals surface area contributed by atoms with Crippen LogP contribution in [-0.2, 0) is 4.79 Å². The smallest absolute Gasteiger partial charge is 0.159 e. The van der Waals surface area contributed by atoms with Gasteiger partial charge in [-0.25, -0.2) is 0 Å². The normalized spacial score (nSPS) is 39.7. The summed E-state index contributed by atoms with van der Waals surface area (Å²) in [5.74, 6) is 0.973. The lowest BCUT2D eigenvalue weighted by molar-refractivity contribution is -0.114. The minimum Gasteiger partial charge on any atom is -0.295 e. The molecule has 2 rings (SSSR count). The quantitative estimate of drug-likeness (QED) is 0.557. The highest BCUT2D eigenvalue weighted by molar-refractivity contribution is 5.99. The molecule has 2 atom stereocenters. The van der Waals surface area contributed by atoms with Gasteiger partial charge >= 0.3 is 0 Å². The zero-order valence-electron chi connectivity index (χ0n) is 8.60. The van der Waals surface area contributed by atoms with Crippen molar-refractivity contribution < 1.29 is 4.79 Å². The van der Waals surface area contributed by atoms with Crippen molar-refractivity contribution >= 4 is 5.78 Å². The van der Waals surface area contributed by atoms with Crippen LogP contribution in [0, 0.1) is 11.3 Å². The van der Waals surface area contributed by atoms with E-state index in [2.05, 4.69) is 19.9 Å². The summed E-state index contributed by atoms with van der Waals surface area (Å²) in [5, 5.41) is 0. The number of carbonyl (C=O) groups excluding carboxylic acids is 1. The van der Waals surface area contributed by atoms with Gasteiger partial charge in [-0.15, -0.1) is 0 Å². The minimum atomic E-state index is 0.216. The van der Waals surface area contributed by atoms with Crippen molar-refractivity contribution in [1.29, 1.82) is 0 Å². The molecule has 0 spiro atoms. The van der Waals surface area contributed by atoms with Crippen molar-refractivity contribution in [2.75, 3.05) is 0 Å². The van der Waals surface area contributed by atoms with Crippen molar-refractivity contribution in [2.45, 2.75) is 46.0 Å². The van der Waals surface area contributed by atoms with Gasteiger partial charge in [0.25, 0.3) is 0 Å². The van der Waals surface area contributed by atoms with Gasteiger partial charge in [0.05, 0.1) is 0 Å². The molecule has 0 aromatic carbocycles. The van der Waals surface area contributed by atoms with Gasteiger partial charge in [-0.3, -0.25) is 4.79 Å². The maximum Gasteiger partial charge on any atom is 0.159 e. The number of rotatable bonds is 0. The largest absolute Gasteiger partial charge is 0.295 e. The first kappa shape index (κ1) is 8.98. The number of Topliss-reactive ketones (excluding diaryl/α,β-unsaturated/α-hetero) is 1. The molecule has 0 saturated heterocycles. The molecule has 1 nitrogen and oxygen atoms in total. The molecule has 2 aliphatic rings. The average Bonchev–Trinajstić information content (AvgIpc) is 2.28. The Bertz CT molecular complexity index is 264. The van der Waals surface area contributed by atoms with E-state index >= 15 is 0 Å². The summed E-state index contributed by atoms with van der Waals surface area (Å²) in [6.07, 6.45) is 7.86. The van der Waals surface area contributed by atoms with Crippen molar-refractivity contribution in [3.05, 3.63) is 11.6 Å². The first-order valence-electron chi connectivity index (χ1n) is 5.38. The Labute approximate surface area is 80.2 Å². The monoisotopic (exact) mass is 178 g/mol. The van der Waals surface area contributed by atoms with E-state index in [0.717, 1.165) is 18.4 Å². The number of ketones is 1. The van der Waals surface area contributed by atoms with Gasteiger partial charge in [0.2, 0.25) is 0 Å². The van der Waals surface area contributed by atoms with E-state index in [-0.39, 0.29) is 5.41 Å². The highest BCUT2D eigenvalue weighted by Crippen LogP contribution is 2.49. The summed E-state index contributed by atoms with van der Waals surface area (Å²) in [5.41, 5.74) is 1.37. The Balaban J connectivity index is 2.39. The molecule has 0 bridgehead atoms. The molecule has 72 valence electrons. The summed E-state index contributed by atoms with van der Waals surface area (Å²) < 4.78 is 0. The fourth-order valence-corrected chi connectivity index (χ4v) is 2.81. The zero-order chi connectivity index (χ0) is 9.47. The predicted octanol–water partition coefficient (Wildman–Crippen LogP) is 3.10. The van der Waals surface area contributed by atoms with E-state index in [0.29, 0.717) is 11.7 Å². The van der Waals surface area contributed by atoms with E-state index in [4.69, 9.17) is 0 Å². The van der Waals surface area contributed by atoms with Gasteiger partial charge in [-0.2, -0.15) is 0 Å². The number of carbonyl (C=O) groups is 1. The van der Waals surface area contributed by atoms with Gasteiger partial charge in [-0.1, -0.05) is 26.3 Å². The van der Waals surface area contributed by atoms with Crippen LogP contribution >= 0.6 is 0 Å². The summed E-state index contributed by atoms with van der Waals surface area (Å²) in [7, 11) is 0. The van der Waals surface area contributed by atoms with Crippen LogP contribution in [0.15, 0.2) is 11.6 Å². The molecule has 0 amide bonds. The second-order valence-electron chi connectivity index (χ2n) is 4.81. The first-order valence-corrected chi connectivity index (χ1v) is 5.38. The number of hydrogen-bond donors (Lipinski definition) is 0. The Kier molecular flexibility index (Phi) is 2.05. The van der Waals surface area contributed by atoms with E-state index in [1.807, 2.05) is 0 Å². The van der Waals surface area contributed by atoms with Gasteiger partial charge in [0, 0.05) is 6.42 Å². The molecular formula is C12H18O. The van der Waals surface area contributed by atoms with Crippen molar-refractivity contribution in [3.8, 4) is 0 Å². The summed E-state index contributed by atoms with van der Waals surface area (Å²) in [6, 6.07) is 0. The minimum absolute atomic E-state index is 0.216. The van der Waals surface area contributed by atoms with Crippen LogP contribution in [0.1, 0.15) is 46.0 Å². The Morgan fingerprint density at radius 2 is 2.23 bits per heavy atom. The lowest BCUT2D eigenvalue weighted by Gasteiger charge is -2.28. The molecule has 0 radical (unpaired) electrons. The highest BCUT2D eigenvalue weighted by Gasteiger charge is 2.44. The molecular weight excluding hydrogens is 160 g/mol. The molecule has 0 aromatic rings. The molecule has 2 aliphatic carbocycles. The zero-order valence-corrected chi connectivity index (χ0v) is 8.60. The Morgan fingerprint density at radius 1 is 1.46 bits per heavy atom. The number of fused-ring (bicyclic) bond motifs is 1. The second-order valence-corrected chi connectivity index (χ2v) is 4.81. The molecule has 0 N–H and O–H groups in total. The third kappa shape index (κ3) is 1.25. The van der Waals surface area contributed by atoms with Crippen molar-refractivity contribution in [1.82, 2.24) is 0 Å². The lowest BCUT2D eigenvalue weighted by Crippen LogP contribution is -2.21. The highest BCUT2D eigenvalue weighted by atomic mass is 16.1. The molecule has 1 heteroatoms. The molecule has 13 heavy (non-hydrogen) atoms. The van der Waals surface area contributed by atoms with Gasteiger partial charge < -0.3 is 0 Å². The van der Waals surface area contributed by atoms with Crippen LogP contribution in [0.2, 0.25) is 0 Å². The third-order valence-corrected chi connectivity index (χ3v) is 3.99. The summed E-state index contributed by atoms with van der Waals surface area (Å²) in [4.78, 5) is 11.7. The van der Waals surface area contributed by atoms with Crippen LogP contribution in [0.5, 0.6) is 0 Å². The predicted molar refractivity (Wildman–Crippen MR) is 53.4 cm³/mol. The molecule has 1 saturated carbocycles. The molecule has 0 aliphatic heterocycles. The van der Waals surface area contributed by atoms with Crippen LogP contribution in [-0.4, -0.2) is 5.78 Å². The van der Waals surface area contributed by atoms with Gasteiger partial charge in [0.1, 0.15) is 0 Å². The molecule has 0 heterocycles. The summed E-state index contributed by atoms with van der Waals surface area (Å²) >= 11 is 0. The van der Waals surface area contributed by atoms with Gasteiger partial charge in [0.15, 0.2) is 5.78 Å². The lowest BCUT2D eigenvalue weighted by atomic mass is 9.75. The number of allylic oxidation sites excluding steroid dienone is 2. The topological polar surface area (TPSA) is 17.1 Å². The number of hydrogen-bond acceptors (Lipinski definition) is 1. The van der Waals surface area contributed by atoms with E-state index in [1.54, 1.807) is 0 Å². The summed E-state index contributed by atoms with van der Waals surface area (Å²) in [6.45, 7) is 4.50. The Morgan fingerprint density at radius 3 is 3.00 bits per heavy atom. The second kappa shape index (κ2) is 2.97. The molecule has 1 fully saturated rings. The maximum absolute atomic E-state index is 11.7. The maximum atomic E-state index is 11.7. The van der Waals surface area contributed by atoms with E-state index in [9.17, 15) is 4.79 Å². The SMILES string of the molecule is C[C@H]1CC(=O)C2=CCCCC[C@@]21C. The fraction of sp³-hybridized carbons (Fsp3) is 0.750. The van der Waals surface area contributed by atoms with Crippen LogP contribution in [0.3, 0.4) is 0 Å². The van der Waals surface area contributed by atoms with Crippen molar-refractivity contribution in [2.24, 2.45) is 11.3 Å².